The molecule has 2 rings (SSSR count). The summed E-state index contributed by atoms with van der Waals surface area (Å²) in [5, 5.41) is 0. The van der Waals surface area contributed by atoms with Crippen LogP contribution in [0.5, 0.6) is 0 Å². The molecule has 0 aliphatic heterocycles. The van der Waals surface area contributed by atoms with Gasteiger partial charge in [0.25, 0.3) is 0 Å². The van der Waals surface area contributed by atoms with Crippen LogP contribution < -0.4 is 10.6 Å². The number of hydrogen-bond acceptors (Lipinski definition) is 4. The van der Waals surface area contributed by atoms with Crippen LogP contribution in [-0.4, -0.2) is 29.6 Å². The fourth-order valence-electron chi connectivity index (χ4n) is 2.44. The largest absolute Gasteiger partial charge is 0.359 e. The third kappa shape index (κ3) is 4.53. The van der Waals surface area contributed by atoms with E-state index in [9.17, 15) is 0 Å². The van der Waals surface area contributed by atoms with Crippen molar-refractivity contribution in [2.24, 2.45) is 5.73 Å². The van der Waals surface area contributed by atoms with Crippen molar-refractivity contribution in [3.8, 4) is 0 Å². The second-order valence-electron chi connectivity index (χ2n) is 5.66. The molecule has 0 radical (unpaired) electrons. The number of rotatable bonds is 6. The van der Waals surface area contributed by atoms with Crippen LogP contribution in [0.2, 0.25) is 0 Å². The Bertz CT molecular complexity index is 566. The third-order valence-electron chi connectivity index (χ3n) is 3.46. The van der Waals surface area contributed by atoms with Crippen LogP contribution in [0.3, 0.4) is 0 Å². The van der Waals surface area contributed by atoms with Gasteiger partial charge in [0.15, 0.2) is 0 Å². The molecule has 0 saturated heterocycles. The second kappa shape index (κ2) is 7.18. The molecule has 0 fully saturated rings. The minimum absolute atomic E-state index is 0.166. The van der Waals surface area contributed by atoms with E-state index in [1.165, 1.54) is 11.1 Å². The lowest BCUT2D eigenvalue weighted by atomic mass is 10.1. The number of nitrogens with two attached hydrogens (primary N) is 1. The number of aromatic nitrogens is 2. The Hall–Kier alpha value is -1.94. The standard InChI is InChI=1S/C17H24N4/c1-13-10-15(11-14(2)18)12-20-17(13)21(3)9-7-16-6-4-5-8-19-16/h4-6,8,10,12,14H,7,9,11,18H2,1-3H3. The highest BCUT2D eigenvalue weighted by molar-refractivity contribution is 5.46. The van der Waals surface area contributed by atoms with E-state index in [0.29, 0.717) is 0 Å². The van der Waals surface area contributed by atoms with Crippen molar-refractivity contribution >= 4 is 5.82 Å². The maximum absolute atomic E-state index is 5.84. The first kappa shape index (κ1) is 15.4. The molecule has 0 spiro atoms. The summed E-state index contributed by atoms with van der Waals surface area (Å²) in [6.07, 6.45) is 5.55. The third-order valence-corrected chi connectivity index (χ3v) is 3.46. The van der Waals surface area contributed by atoms with Gasteiger partial charge < -0.3 is 10.6 Å². The maximum atomic E-state index is 5.84. The molecule has 2 aromatic rings. The average molecular weight is 284 g/mol. The molecule has 1 unspecified atom stereocenters. The van der Waals surface area contributed by atoms with E-state index < -0.39 is 0 Å². The summed E-state index contributed by atoms with van der Waals surface area (Å²) < 4.78 is 0. The van der Waals surface area contributed by atoms with E-state index in [1.54, 1.807) is 0 Å². The summed E-state index contributed by atoms with van der Waals surface area (Å²) in [7, 11) is 2.07. The van der Waals surface area contributed by atoms with E-state index in [4.69, 9.17) is 5.73 Å². The van der Waals surface area contributed by atoms with Crippen LogP contribution in [0.1, 0.15) is 23.7 Å². The number of pyridine rings is 2. The zero-order chi connectivity index (χ0) is 15.2. The van der Waals surface area contributed by atoms with Crippen molar-refractivity contribution in [3.05, 3.63) is 53.5 Å². The minimum Gasteiger partial charge on any atom is -0.359 e. The van der Waals surface area contributed by atoms with E-state index >= 15 is 0 Å². The molecule has 2 aromatic heterocycles. The topological polar surface area (TPSA) is 55.0 Å². The van der Waals surface area contributed by atoms with Crippen molar-refractivity contribution in [2.45, 2.75) is 32.7 Å². The molecule has 2 N–H and O–H groups in total. The first-order valence-electron chi connectivity index (χ1n) is 7.38. The summed E-state index contributed by atoms with van der Waals surface area (Å²) in [4.78, 5) is 11.1. The second-order valence-corrected chi connectivity index (χ2v) is 5.66. The monoisotopic (exact) mass is 284 g/mol. The Kier molecular flexibility index (Phi) is 5.28. The van der Waals surface area contributed by atoms with Crippen LogP contribution in [0.15, 0.2) is 36.7 Å². The summed E-state index contributed by atoms with van der Waals surface area (Å²) >= 11 is 0. The summed E-state index contributed by atoms with van der Waals surface area (Å²) in [6.45, 7) is 5.02. The van der Waals surface area contributed by atoms with Crippen LogP contribution in [-0.2, 0) is 12.8 Å². The van der Waals surface area contributed by atoms with E-state index in [1.807, 2.05) is 31.5 Å². The van der Waals surface area contributed by atoms with Gasteiger partial charge in [0.1, 0.15) is 5.82 Å². The molecule has 0 bridgehead atoms. The normalized spacial score (nSPS) is 12.2. The van der Waals surface area contributed by atoms with Crippen LogP contribution in [0, 0.1) is 6.92 Å². The van der Waals surface area contributed by atoms with E-state index in [2.05, 4.69) is 41.0 Å². The smallest absolute Gasteiger partial charge is 0.131 e. The highest BCUT2D eigenvalue weighted by Gasteiger charge is 2.08. The summed E-state index contributed by atoms with van der Waals surface area (Å²) in [5.74, 6) is 1.03. The Morgan fingerprint density at radius 1 is 1.29 bits per heavy atom. The Morgan fingerprint density at radius 3 is 2.71 bits per heavy atom. The van der Waals surface area contributed by atoms with E-state index in [0.717, 1.165) is 30.9 Å². The lowest BCUT2D eigenvalue weighted by molar-refractivity contribution is 0.734. The first-order valence-corrected chi connectivity index (χ1v) is 7.38. The molecular weight excluding hydrogens is 260 g/mol. The van der Waals surface area contributed by atoms with Gasteiger partial charge in [-0.3, -0.25) is 4.98 Å². The van der Waals surface area contributed by atoms with Gasteiger partial charge in [-0.15, -0.1) is 0 Å². The van der Waals surface area contributed by atoms with Crippen LogP contribution in [0.4, 0.5) is 5.82 Å². The van der Waals surface area contributed by atoms with Crippen molar-refractivity contribution in [2.75, 3.05) is 18.5 Å². The quantitative estimate of drug-likeness (QED) is 0.884. The van der Waals surface area contributed by atoms with Gasteiger partial charge in [-0.05, 0) is 43.5 Å². The molecular formula is C17H24N4. The first-order chi connectivity index (χ1) is 10.1. The highest BCUT2D eigenvalue weighted by Crippen LogP contribution is 2.17. The maximum Gasteiger partial charge on any atom is 0.131 e. The zero-order valence-corrected chi connectivity index (χ0v) is 13.1. The predicted octanol–water partition coefficient (Wildman–Crippen LogP) is 2.35. The molecule has 0 aromatic carbocycles. The van der Waals surface area contributed by atoms with Gasteiger partial charge in [-0.25, -0.2) is 4.98 Å². The molecule has 2 heterocycles. The van der Waals surface area contributed by atoms with E-state index in [-0.39, 0.29) is 6.04 Å². The lowest BCUT2D eigenvalue weighted by Gasteiger charge is -2.20. The van der Waals surface area contributed by atoms with Gasteiger partial charge >= 0.3 is 0 Å². The van der Waals surface area contributed by atoms with Crippen molar-refractivity contribution in [1.82, 2.24) is 9.97 Å². The number of hydrogen-bond donors (Lipinski definition) is 1. The Morgan fingerprint density at radius 2 is 2.10 bits per heavy atom. The zero-order valence-electron chi connectivity index (χ0n) is 13.1. The van der Waals surface area contributed by atoms with Crippen LogP contribution in [0.25, 0.3) is 0 Å². The fourth-order valence-corrected chi connectivity index (χ4v) is 2.44. The van der Waals surface area contributed by atoms with Crippen molar-refractivity contribution < 1.29 is 0 Å². The van der Waals surface area contributed by atoms with Gasteiger partial charge in [0.05, 0.1) is 0 Å². The van der Waals surface area contributed by atoms with Gasteiger partial charge in [-0.1, -0.05) is 12.1 Å². The minimum atomic E-state index is 0.166. The number of likely N-dealkylation sites (N-methyl/N-ethyl adjacent to an activating group) is 1. The number of anilines is 1. The molecule has 0 aliphatic rings. The molecule has 112 valence electrons. The molecule has 0 saturated carbocycles. The number of aryl methyl sites for hydroxylation is 1. The molecule has 21 heavy (non-hydrogen) atoms. The molecule has 1 atom stereocenters. The van der Waals surface area contributed by atoms with Crippen LogP contribution >= 0.6 is 0 Å². The Balaban J connectivity index is 2.00. The molecule has 4 heteroatoms. The fraction of sp³-hybridized carbons (Fsp3) is 0.412. The van der Waals surface area contributed by atoms with Gasteiger partial charge in [0.2, 0.25) is 0 Å². The lowest BCUT2D eigenvalue weighted by Crippen LogP contribution is -2.23. The molecule has 4 nitrogen and oxygen atoms in total. The number of nitrogens with zero attached hydrogens (tertiary/aromatic N) is 3. The molecule has 0 aliphatic carbocycles. The predicted molar refractivity (Wildman–Crippen MR) is 87.5 cm³/mol. The summed E-state index contributed by atoms with van der Waals surface area (Å²) in [6, 6.07) is 8.37. The molecule has 0 amide bonds. The SMILES string of the molecule is Cc1cc(CC(C)N)cnc1N(C)CCc1ccccn1. The van der Waals surface area contributed by atoms with Gasteiger partial charge in [-0.2, -0.15) is 0 Å². The summed E-state index contributed by atoms with van der Waals surface area (Å²) in [5.41, 5.74) is 9.34. The average Bonchev–Trinajstić information content (AvgIpc) is 2.45. The highest BCUT2D eigenvalue weighted by atomic mass is 15.2. The Labute approximate surface area is 127 Å². The van der Waals surface area contributed by atoms with Gasteiger partial charge in [0, 0.05) is 44.1 Å². The van der Waals surface area contributed by atoms with Crippen molar-refractivity contribution in [3.63, 3.8) is 0 Å². The van der Waals surface area contributed by atoms with Crippen molar-refractivity contribution in [1.29, 1.82) is 0 Å².